The second-order valence-electron chi connectivity index (χ2n) is 3.78. The van der Waals surface area contributed by atoms with Gasteiger partial charge in [0.1, 0.15) is 0 Å². The summed E-state index contributed by atoms with van der Waals surface area (Å²) in [5.41, 5.74) is 8.10. The smallest absolute Gasteiger partial charge is 0.306 e. The van der Waals surface area contributed by atoms with E-state index in [4.69, 9.17) is 10.8 Å². The van der Waals surface area contributed by atoms with Gasteiger partial charge < -0.3 is 10.8 Å². The Morgan fingerprint density at radius 3 is 2.86 bits per heavy atom. The summed E-state index contributed by atoms with van der Waals surface area (Å²) < 4.78 is 0. The minimum Gasteiger partial charge on any atom is -0.481 e. The molecule has 3 heteroatoms. The topological polar surface area (TPSA) is 63.3 Å². The molecule has 3 nitrogen and oxygen atoms in total. The highest BCUT2D eigenvalue weighted by atomic mass is 16.4. The van der Waals surface area contributed by atoms with Crippen LogP contribution in [0.15, 0.2) is 24.3 Å². The molecule has 1 aliphatic carbocycles. The molecule has 0 saturated heterocycles. The van der Waals surface area contributed by atoms with Gasteiger partial charge in [0.05, 0.1) is 5.92 Å². The van der Waals surface area contributed by atoms with Crippen LogP contribution in [0.25, 0.3) is 0 Å². The third kappa shape index (κ3) is 1.51. The van der Waals surface area contributed by atoms with Crippen molar-refractivity contribution in [3.63, 3.8) is 0 Å². The summed E-state index contributed by atoms with van der Waals surface area (Å²) in [7, 11) is 0. The van der Waals surface area contributed by atoms with E-state index in [0.717, 1.165) is 11.1 Å². The van der Waals surface area contributed by atoms with Gasteiger partial charge in [0, 0.05) is 6.04 Å². The number of carbonyl (C=O) groups is 1. The molecule has 0 fully saturated rings. The van der Waals surface area contributed by atoms with Crippen LogP contribution in [0.3, 0.4) is 0 Å². The predicted octanol–water partition coefficient (Wildman–Crippen LogP) is 1.33. The van der Waals surface area contributed by atoms with Crippen molar-refractivity contribution in [1.82, 2.24) is 0 Å². The Hall–Kier alpha value is -1.35. The summed E-state index contributed by atoms with van der Waals surface area (Å²) in [6.45, 7) is 0. The molecular formula is C11H13NO2. The number of hydrogen-bond donors (Lipinski definition) is 2. The molecule has 1 aliphatic rings. The van der Waals surface area contributed by atoms with Crippen LogP contribution in [0.2, 0.25) is 0 Å². The van der Waals surface area contributed by atoms with E-state index in [1.807, 2.05) is 24.3 Å². The average Bonchev–Trinajstić information content (AvgIpc) is 2.17. The van der Waals surface area contributed by atoms with E-state index in [9.17, 15) is 4.79 Å². The molecule has 0 aromatic heterocycles. The minimum atomic E-state index is -0.741. The molecule has 1 aromatic carbocycles. The number of rotatable bonds is 1. The van der Waals surface area contributed by atoms with Crippen molar-refractivity contribution in [3.05, 3.63) is 35.4 Å². The van der Waals surface area contributed by atoms with Crippen LogP contribution in [0, 0.1) is 5.92 Å². The normalized spacial score (nSPS) is 25.5. The Labute approximate surface area is 82.5 Å². The van der Waals surface area contributed by atoms with Crippen LogP contribution in [0.5, 0.6) is 0 Å². The molecule has 0 bridgehead atoms. The quantitative estimate of drug-likeness (QED) is 0.704. The monoisotopic (exact) mass is 191 g/mol. The first-order chi connectivity index (χ1) is 6.68. The maximum atomic E-state index is 10.9. The van der Waals surface area contributed by atoms with Crippen molar-refractivity contribution in [2.75, 3.05) is 0 Å². The Morgan fingerprint density at radius 2 is 2.14 bits per heavy atom. The molecule has 2 atom stereocenters. The fourth-order valence-corrected chi connectivity index (χ4v) is 2.05. The summed E-state index contributed by atoms with van der Waals surface area (Å²) in [5.74, 6) is -1.06. The number of benzene rings is 1. The lowest BCUT2D eigenvalue weighted by Gasteiger charge is -2.26. The van der Waals surface area contributed by atoms with Crippen molar-refractivity contribution >= 4 is 5.97 Å². The molecule has 3 N–H and O–H groups in total. The first kappa shape index (κ1) is 9.21. The summed E-state index contributed by atoms with van der Waals surface area (Å²) in [6, 6.07) is 7.69. The number of carboxylic acids is 1. The molecule has 0 amide bonds. The fourth-order valence-electron chi connectivity index (χ4n) is 2.05. The van der Waals surface area contributed by atoms with E-state index in [0.29, 0.717) is 12.8 Å². The van der Waals surface area contributed by atoms with Gasteiger partial charge in [-0.1, -0.05) is 24.3 Å². The number of aliphatic carboxylic acids is 1. The lowest BCUT2D eigenvalue weighted by atomic mass is 9.81. The highest BCUT2D eigenvalue weighted by Crippen LogP contribution is 2.31. The Balaban J connectivity index is 2.33. The predicted molar refractivity (Wildman–Crippen MR) is 52.8 cm³/mol. The van der Waals surface area contributed by atoms with Gasteiger partial charge in [-0.05, 0) is 24.0 Å². The fraction of sp³-hybridized carbons (Fsp3) is 0.364. The van der Waals surface area contributed by atoms with E-state index in [-0.39, 0.29) is 12.0 Å². The van der Waals surface area contributed by atoms with Gasteiger partial charge in [0.2, 0.25) is 0 Å². The largest absolute Gasteiger partial charge is 0.481 e. The molecule has 1 aromatic rings. The van der Waals surface area contributed by atoms with Gasteiger partial charge >= 0.3 is 5.97 Å². The minimum absolute atomic E-state index is 0.124. The van der Waals surface area contributed by atoms with Gasteiger partial charge in [-0.15, -0.1) is 0 Å². The zero-order valence-electron chi connectivity index (χ0n) is 7.81. The van der Waals surface area contributed by atoms with Crippen molar-refractivity contribution in [1.29, 1.82) is 0 Å². The first-order valence-electron chi connectivity index (χ1n) is 4.74. The summed E-state index contributed by atoms with van der Waals surface area (Å²) in [6.07, 6.45) is 1.16. The molecule has 0 radical (unpaired) electrons. The summed E-state index contributed by atoms with van der Waals surface area (Å²) in [4.78, 5) is 10.9. The van der Waals surface area contributed by atoms with E-state index in [2.05, 4.69) is 0 Å². The zero-order valence-corrected chi connectivity index (χ0v) is 7.81. The highest BCUT2D eigenvalue weighted by Gasteiger charge is 2.28. The standard InChI is InChI=1S/C11H13NO2/c12-10-6-8(11(13)14)5-7-3-1-2-4-9(7)10/h1-4,8,10H,5-6,12H2,(H,13,14). The maximum Gasteiger partial charge on any atom is 0.306 e. The lowest BCUT2D eigenvalue weighted by molar-refractivity contribution is -0.142. The Kier molecular flexibility index (Phi) is 2.25. The van der Waals surface area contributed by atoms with Crippen LogP contribution in [-0.2, 0) is 11.2 Å². The van der Waals surface area contributed by atoms with Crippen LogP contribution < -0.4 is 5.73 Å². The molecule has 0 saturated carbocycles. The number of carboxylic acid groups (broad SMARTS) is 1. The lowest BCUT2D eigenvalue weighted by Crippen LogP contribution is -2.28. The highest BCUT2D eigenvalue weighted by molar-refractivity contribution is 5.71. The Bertz CT molecular complexity index is 362. The van der Waals surface area contributed by atoms with Gasteiger partial charge in [0.25, 0.3) is 0 Å². The van der Waals surface area contributed by atoms with E-state index in [1.165, 1.54) is 0 Å². The van der Waals surface area contributed by atoms with Crippen LogP contribution in [0.4, 0.5) is 0 Å². The van der Waals surface area contributed by atoms with Crippen molar-refractivity contribution < 1.29 is 9.90 Å². The second kappa shape index (κ2) is 3.42. The summed E-state index contributed by atoms with van der Waals surface area (Å²) >= 11 is 0. The summed E-state index contributed by atoms with van der Waals surface area (Å²) in [5, 5.41) is 8.93. The van der Waals surface area contributed by atoms with Crippen LogP contribution in [0.1, 0.15) is 23.6 Å². The third-order valence-electron chi connectivity index (χ3n) is 2.81. The van der Waals surface area contributed by atoms with Gasteiger partial charge in [-0.25, -0.2) is 0 Å². The van der Waals surface area contributed by atoms with Gasteiger partial charge in [-0.2, -0.15) is 0 Å². The van der Waals surface area contributed by atoms with Crippen LogP contribution >= 0.6 is 0 Å². The molecule has 74 valence electrons. The second-order valence-corrected chi connectivity index (χ2v) is 3.78. The molecule has 0 spiro atoms. The third-order valence-corrected chi connectivity index (χ3v) is 2.81. The number of fused-ring (bicyclic) bond motifs is 1. The number of nitrogens with two attached hydrogens (primary N) is 1. The van der Waals surface area contributed by atoms with Gasteiger partial charge in [-0.3, -0.25) is 4.79 Å². The number of hydrogen-bond acceptors (Lipinski definition) is 2. The van der Waals surface area contributed by atoms with Crippen molar-refractivity contribution in [2.24, 2.45) is 11.7 Å². The SMILES string of the molecule is NC1CC(C(=O)O)Cc2ccccc21. The van der Waals surface area contributed by atoms with Gasteiger partial charge in [0.15, 0.2) is 0 Å². The molecule has 2 unspecified atom stereocenters. The maximum absolute atomic E-state index is 10.9. The van der Waals surface area contributed by atoms with Crippen molar-refractivity contribution in [3.8, 4) is 0 Å². The zero-order chi connectivity index (χ0) is 10.1. The molecule has 0 heterocycles. The van der Waals surface area contributed by atoms with E-state index >= 15 is 0 Å². The molecule has 0 aliphatic heterocycles. The van der Waals surface area contributed by atoms with E-state index < -0.39 is 5.97 Å². The van der Waals surface area contributed by atoms with Crippen LogP contribution in [-0.4, -0.2) is 11.1 Å². The molecular weight excluding hydrogens is 178 g/mol. The Morgan fingerprint density at radius 1 is 1.43 bits per heavy atom. The molecule has 2 rings (SSSR count). The van der Waals surface area contributed by atoms with E-state index in [1.54, 1.807) is 0 Å². The average molecular weight is 191 g/mol. The van der Waals surface area contributed by atoms with Crippen molar-refractivity contribution in [2.45, 2.75) is 18.9 Å². The first-order valence-corrected chi connectivity index (χ1v) is 4.74. The molecule has 14 heavy (non-hydrogen) atoms.